The number of hydrogen-bond donors (Lipinski definition) is 1. The molecule has 0 spiro atoms. The van der Waals surface area contributed by atoms with Crippen molar-refractivity contribution in [3.8, 4) is 0 Å². The number of benzene rings is 1. The molecule has 1 N–H and O–H groups in total. The lowest BCUT2D eigenvalue weighted by Gasteiger charge is -2.24. The molecule has 1 heterocycles. The van der Waals surface area contributed by atoms with Crippen molar-refractivity contribution in [2.45, 2.75) is 13.8 Å². The Morgan fingerprint density at radius 1 is 1.35 bits per heavy atom. The van der Waals surface area contributed by atoms with Crippen molar-refractivity contribution >= 4 is 11.6 Å². The summed E-state index contributed by atoms with van der Waals surface area (Å²) in [6, 6.07) is 8.01. The van der Waals surface area contributed by atoms with E-state index >= 15 is 0 Å². The number of nitrogens with one attached hydrogen (secondary N) is 1. The summed E-state index contributed by atoms with van der Waals surface area (Å²) in [5.74, 6) is 0.755. The van der Waals surface area contributed by atoms with Crippen LogP contribution in [0.15, 0.2) is 24.3 Å². The predicted molar refractivity (Wildman–Crippen MR) is 70.1 cm³/mol. The first-order valence-corrected chi connectivity index (χ1v) is 6.15. The van der Waals surface area contributed by atoms with E-state index in [0.717, 1.165) is 24.3 Å². The van der Waals surface area contributed by atoms with Gasteiger partial charge in [-0.2, -0.15) is 0 Å². The second-order valence-electron chi connectivity index (χ2n) is 4.93. The first-order valence-electron chi connectivity index (χ1n) is 6.15. The van der Waals surface area contributed by atoms with Crippen molar-refractivity contribution in [2.75, 3.05) is 25.0 Å². The normalized spacial score (nSPS) is 23.7. The maximum Gasteiger partial charge on any atom is 0.231 e. The Morgan fingerprint density at radius 2 is 2.06 bits per heavy atom. The molecule has 1 amide bonds. The van der Waals surface area contributed by atoms with Crippen molar-refractivity contribution < 1.29 is 4.79 Å². The van der Waals surface area contributed by atoms with Gasteiger partial charge < -0.3 is 10.2 Å². The molecule has 3 heteroatoms. The maximum absolute atomic E-state index is 12.4. The van der Waals surface area contributed by atoms with Gasteiger partial charge in [0.05, 0.1) is 5.92 Å². The molecule has 1 fully saturated rings. The SMILES string of the molecule is Cc1ccccc1N(C)C(=O)[C@@H]1CNC[C@H]1C. The Kier molecular flexibility index (Phi) is 3.48. The van der Waals surface area contributed by atoms with Crippen LogP contribution in [0.3, 0.4) is 0 Å². The van der Waals surface area contributed by atoms with Gasteiger partial charge in [0.15, 0.2) is 0 Å². The summed E-state index contributed by atoms with van der Waals surface area (Å²) >= 11 is 0. The average molecular weight is 232 g/mol. The van der Waals surface area contributed by atoms with Crippen molar-refractivity contribution in [1.29, 1.82) is 0 Å². The van der Waals surface area contributed by atoms with Gasteiger partial charge in [-0.3, -0.25) is 4.79 Å². The fourth-order valence-corrected chi connectivity index (χ4v) is 2.45. The summed E-state index contributed by atoms with van der Waals surface area (Å²) < 4.78 is 0. The standard InChI is InChI=1S/C14H20N2O/c1-10-6-4-5-7-13(10)16(3)14(17)12-9-15-8-11(12)2/h4-7,11-12,15H,8-9H2,1-3H3/t11-,12-/m1/s1. The fraction of sp³-hybridized carbons (Fsp3) is 0.500. The Bertz CT molecular complexity index is 416. The molecule has 0 saturated carbocycles. The molecule has 0 radical (unpaired) electrons. The Morgan fingerprint density at radius 3 is 2.65 bits per heavy atom. The zero-order chi connectivity index (χ0) is 12.4. The van der Waals surface area contributed by atoms with E-state index in [4.69, 9.17) is 0 Å². The minimum absolute atomic E-state index is 0.111. The van der Waals surface area contributed by atoms with Gasteiger partial charge in [-0.25, -0.2) is 0 Å². The summed E-state index contributed by atoms with van der Waals surface area (Å²) in [4.78, 5) is 14.2. The molecule has 1 aliphatic heterocycles. The first kappa shape index (κ1) is 12.1. The molecule has 92 valence electrons. The van der Waals surface area contributed by atoms with Gasteiger partial charge in [0, 0.05) is 19.3 Å². The number of rotatable bonds is 2. The third-order valence-electron chi connectivity index (χ3n) is 3.64. The van der Waals surface area contributed by atoms with Crippen LogP contribution in [0.2, 0.25) is 0 Å². The number of aryl methyl sites for hydroxylation is 1. The van der Waals surface area contributed by atoms with Gasteiger partial charge in [0.25, 0.3) is 0 Å². The van der Waals surface area contributed by atoms with Gasteiger partial charge >= 0.3 is 0 Å². The average Bonchev–Trinajstić information content (AvgIpc) is 2.74. The van der Waals surface area contributed by atoms with E-state index in [9.17, 15) is 4.79 Å². The van der Waals surface area contributed by atoms with E-state index in [1.165, 1.54) is 0 Å². The molecule has 1 aromatic carbocycles. The van der Waals surface area contributed by atoms with Gasteiger partial charge in [0.2, 0.25) is 5.91 Å². The van der Waals surface area contributed by atoms with E-state index in [2.05, 4.69) is 12.2 Å². The highest BCUT2D eigenvalue weighted by molar-refractivity contribution is 5.95. The van der Waals surface area contributed by atoms with Crippen LogP contribution in [0.4, 0.5) is 5.69 Å². The molecule has 2 rings (SSSR count). The second-order valence-corrected chi connectivity index (χ2v) is 4.93. The monoisotopic (exact) mass is 232 g/mol. The van der Waals surface area contributed by atoms with Crippen LogP contribution in [0.25, 0.3) is 0 Å². The molecule has 3 nitrogen and oxygen atoms in total. The molecule has 2 atom stereocenters. The molecule has 1 aromatic rings. The number of para-hydroxylation sites is 1. The summed E-state index contributed by atoms with van der Waals surface area (Å²) in [5.41, 5.74) is 2.15. The minimum Gasteiger partial charge on any atom is -0.316 e. The number of amides is 1. The van der Waals surface area contributed by atoms with E-state index in [-0.39, 0.29) is 11.8 Å². The Balaban J connectivity index is 2.17. The van der Waals surface area contributed by atoms with Crippen molar-refractivity contribution in [2.24, 2.45) is 11.8 Å². The Hall–Kier alpha value is -1.35. The van der Waals surface area contributed by atoms with E-state index < -0.39 is 0 Å². The summed E-state index contributed by atoms with van der Waals surface area (Å²) in [5, 5.41) is 3.28. The number of hydrogen-bond acceptors (Lipinski definition) is 2. The zero-order valence-corrected chi connectivity index (χ0v) is 10.7. The molecule has 0 aromatic heterocycles. The van der Waals surface area contributed by atoms with Crippen LogP contribution in [-0.2, 0) is 4.79 Å². The van der Waals surface area contributed by atoms with Gasteiger partial charge in [-0.05, 0) is 31.0 Å². The van der Waals surface area contributed by atoms with Crippen LogP contribution in [0.1, 0.15) is 12.5 Å². The van der Waals surface area contributed by atoms with Crippen LogP contribution < -0.4 is 10.2 Å². The number of nitrogens with zero attached hydrogens (tertiary/aromatic N) is 1. The molecule has 1 saturated heterocycles. The smallest absolute Gasteiger partial charge is 0.231 e. The fourth-order valence-electron chi connectivity index (χ4n) is 2.45. The molecule has 1 aliphatic rings. The van der Waals surface area contributed by atoms with Gasteiger partial charge in [-0.1, -0.05) is 25.1 Å². The number of anilines is 1. The summed E-state index contributed by atoms with van der Waals surface area (Å²) in [6.45, 7) is 5.91. The Labute approximate surface area is 103 Å². The van der Waals surface area contributed by atoms with E-state index in [1.807, 2.05) is 38.2 Å². The van der Waals surface area contributed by atoms with Crippen molar-refractivity contribution in [1.82, 2.24) is 5.32 Å². The lowest BCUT2D eigenvalue weighted by molar-refractivity contribution is -0.122. The molecular weight excluding hydrogens is 212 g/mol. The van der Waals surface area contributed by atoms with Crippen LogP contribution in [0.5, 0.6) is 0 Å². The largest absolute Gasteiger partial charge is 0.316 e. The third-order valence-corrected chi connectivity index (χ3v) is 3.64. The van der Waals surface area contributed by atoms with Crippen LogP contribution >= 0.6 is 0 Å². The van der Waals surface area contributed by atoms with Crippen LogP contribution in [-0.4, -0.2) is 26.0 Å². The highest BCUT2D eigenvalue weighted by Gasteiger charge is 2.32. The maximum atomic E-state index is 12.4. The van der Waals surface area contributed by atoms with Crippen molar-refractivity contribution in [3.05, 3.63) is 29.8 Å². The third kappa shape index (κ3) is 2.34. The highest BCUT2D eigenvalue weighted by Crippen LogP contribution is 2.24. The summed E-state index contributed by atoms with van der Waals surface area (Å²) in [6.07, 6.45) is 0. The highest BCUT2D eigenvalue weighted by atomic mass is 16.2. The molecule has 0 unspecified atom stereocenters. The lowest BCUT2D eigenvalue weighted by atomic mass is 9.96. The zero-order valence-electron chi connectivity index (χ0n) is 10.7. The molecule has 0 aliphatic carbocycles. The molecule has 17 heavy (non-hydrogen) atoms. The lowest BCUT2D eigenvalue weighted by Crippen LogP contribution is -2.36. The number of carbonyl (C=O) groups is 1. The molecular formula is C14H20N2O. The van der Waals surface area contributed by atoms with Crippen LogP contribution in [0, 0.1) is 18.8 Å². The van der Waals surface area contributed by atoms with Gasteiger partial charge in [-0.15, -0.1) is 0 Å². The predicted octanol–water partition coefficient (Wildman–Crippen LogP) is 1.81. The quantitative estimate of drug-likeness (QED) is 0.843. The number of carbonyl (C=O) groups excluding carboxylic acids is 1. The topological polar surface area (TPSA) is 32.3 Å². The molecule has 0 bridgehead atoms. The van der Waals surface area contributed by atoms with E-state index in [1.54, 1.807) is 4.90 Å². The first-order chi connectivity index (χ1) is 8.11. The summed E-state index contributed by atoms with van der Waals surface area (Å²) in [7, 11) is 1.87. The second kappa shape index (κ2) is 4.88. The van der Waals surface area contributed by atoms with E-state index in [0.29, 0.717) is 5.92 Å². The van der Waals surface area contributed by atoms with Gasteiger partial charge in [0.1, 0.15) is 0 Å². The van der Waals surface area contributed by atoms with Crippen molar-refractivity contribution in [3.63, 3.8) is 0 Å². The minimum atomic E-state index is 0.111.